The molecule has 1 aliphatic rings. The molecule has 0 fully saturated rings. The number of fused-ring (bicyclic) bond motifs is 2. The van der Waals surface area contributed by atoms with Crippen molar-refractivity contribution in [2.24, 2.45) is 0 Å². The quantitative estimate of drug-likeness (QED) is 0.592. The van der Waals surface area contributed by atoms with E-state index >= 15 is 0 Å². The molecule has 0 aliphatic carbocycles. The van der Waals surface area contributed by atoms with Crippen LogP contribution in [0.15, 0.2) is 81.7 Å². The van der Waals surface area contributed by atoms with Gasteiger partial charge in [0.25, 0.3) is 0 Å². The Bertz CT molecular complexity index is 922. The zero-order valence-electron chi connectivity index (χ0n) is 12.5. The number of benzene rings is 2. The molecule has 4 nitrogen and oxygen atoms in total. The average Bonchev–Trinajstić information content (AvgIpc) is 2.64. The molecule has 0 amide bonds. The lowest BCUT2D eigenvalue weighted by molar-refractivity contribution is 1.16. The highest BCUT2D eigenvalue weighted by molar-refractivity contribution is 7.99. The zero-order chi connectivity index (χ0) is 16.9. The molecule has 0 aromatic heterocycles. The van der Waals surface area contributed by atoms with Gasteiger partial charge in [0.15, 0.2) is 0 Å². The fourth-order valence-electron chi connectivity index (χ4n) is 2.36. The Morgan fingerprint density at radius 1 is 0.833 bits per heavy atom. The van der Waals surface area contributed by atoms with Crippen molar-refractivity contribution in [2.45, 2.75) is 9.79 Å². The van der Waals surface area contributed by atoms with Crippen molar-refractivity contribution in [3.63, 3.8) is 0 Å². The molecule has 2 aromatic carbocycles. The van der Waals surface area contributed by atoms with Gasteiger partial charge in [-0.15, -0.1) is 0 Å². The van der Waals surface area contributed by atoms with Crippen molar-refractivity contribution < 1.29 is 0 Å². The van der Waals surface area contributed by atoms with Crippen LogP contribution < -0.4 is 4.90 Å². The number of allylic oxidation sites excluding steroid dienone is 3. The second kappa shape index (κ2) is 6.75. The van der Waals surface area contributed by atoms with E-state index in [9.17, 15) is 5.26 Å². The minimum Gasteiger partial charge on any atom is -0.315 e. The van der Waals surface area contributed by atoms with Gasteiger partial charge in [-0.3, -0.25) is 0 Å². The lowest BCUT2D eigenvalue weighted by Gasteiger charge is -2.29. The van der Waals surface area contributed by atoms with Crippen molar-refractivity contribution in [1.82, 2.24) is 0 Å². The van der Waals surface area contributed by atoms with Gasteiger partial charge in [0, 0.05) is 16.0 Å². The molecular formula is C19H10N4S. The third-order valence-electron chi connectivity index (χ3n) is 3.47. The Morgan fingerprint density at radius 2 is 1.38 bits per heavy atom. The second-order valence-electron chi connectivity index (χ2n) is 4.85. The molecule has 0 saturated carbocycles. The molecule has 3 rings (SSSR count). The van der Waals surface area contributed by atoms with Crippen LogP contribution in [0.4, 0.5) is 11.4 Å². The molecule has 0 saturated heterocycles. The summed E-state index contributed by atoms with van der Waals surface area (Å²) in [5.41, 5.74) is 1.84. The number of hydrogen-bond donors (Lipinski definition) is 0. The lowest BCUT2D eigenvalue weighted by Crippen LogP contribution is -2.13. The van der Waals surface area contributed by atoms with E-state index in [4.69, 9.17) is 10.5 Å². The first-order valence-corrected chi connectivity index (χ1v) is 7.88. The predicted molar refractivity (Wildman–Crippen MR) is 92.2 cm³/mol. The van der Waals surface area contributed by atoms with E-state index < -0.39 is 0 Å². The lowest BCUT2D eigenvalue weighted by atomic mass is 10.1. The SMILES string of the molecule is N#CC(C#N)=C(C#N)/C=C/N1c2ccccc2Sc2ccccc21. The summed E-state index contributed by atoms with van der Waals surface area (Å²) in [5, 5.41) is 27.1. The van der Waals surface area contributed by atoms with Crippen LogP contribution in [0.1, 0.15) is 0 Å². The monoisotopic (exact) mass is 326 g/mol. The van der Waals surface area contributed by atoms with Crippen LogP contribution in [-0.4, -0.2) is 0 Å². The average molecular weight is 326 g/mol. The third-order valence-corrected chi connectivity index (χ3v) is 4.60. The van der Waals surface area contributed by atoms with Crippen molar-refractivity contribution in [3.8, 4) is 18.2 Å². The first kappa shape index (κ1) is 15.4. The van der Waals surface area contributed by atoms with E-state index in [2.05, 4.69) is 0 Å². The first-order valence-electron chi connectivity index (χ1n) is 7.06. The molecule has 112 valence electrons. The largest absolute Gasteiger partial charge is 0.315 e. The first-order chi connectivity index (χ1) is 11.8. The Kier molecular flexibility index (Phi) is 4.34. The second-order valence-corrected chi connectivity index (χ2v) is 5.93. The summed E-state index contributed by atoms with van der Waals surface area (Å²) in [6, 6.07) is 21.3. The number of nitriles is 3. The van der Waals surface area contributed by atoms with E-state index in [0.717, 1.165) is 21.2 Å². The maximum atomic E-state index is 9.19. The third kappa shape index (κ3) is 2.75. The minimum absolute atomic E-state index is 0.0492. The minimum atomic E-state index is -0.193. The highest BCUT2D eigenvalue weighted by atomic mass is 32.2. The summed E-state index contributed by atoms with van der Waals surface area (Å²) in [4.78, 5) is 4.17. The molecule has 0 bridgehead atoms. The molecule has 2 aromatic rings. The normalized spacial score (nSPS) is 11.6. The topological polar surface area (TPSA) is 74.6 Å². The van der Waals surface area contributed by atoms with Gasteiger partial charge < -0.3 is 4.90 Å². The zero-order valence-corrected chi connectivity index (χ0v) is 13.3. The van der Waals surface area contributed by atoms with Crippen LogP contribution >= 0.6 is 11.8 Å². The molecule has 24 heavy (non-hydrogen) atoms. The Balaban J connectivity index is 2.11. The van der Waals surface area contributed by atoms with E-state index in [1.54, 1.807) is 30.1 Å². The van der Waals surface area contributed by atoms with E-state index in [-0.39, 0.29) is 11.1 Å². The predicted octanol–water partition coefficient (Wildman–Crippen LogP) is 4.67. The van der Waals surface area contributed by atoms with Crippen LogP contribution in [0.25, 0.3) is 0 Å². The van der Waals surface area contributed by atoms with Gasteiger partial charge in [0.05, 0.1) is 16.9 Å². The Hall–Kier alpha value is -3.46. The summed E-state index contributed by atoms with van der Waals surface area (Å²) >= 11 is 1.68. The van der Waals surface area contributed by atoms with Gasteiger partial charge in [-0.1, -0.05) is 36.0 Å². The maximum absolute atomic E-state index is 9.19. The smallest absolute Gasteiger partial charge is 0.147 e. The number of para-hydroxylation sites is 2. The van der Waals surface area contributed by atoms with Crippen LogP contribution in [0.3, 0.4) is 0 Å². The summed E-state index contributed by atoms with van der Waals surface area (Å²) in [5.74, 6) is 0. The summed E-state index contributed by atoms with van der Waals surface area (Å²) in [7, 11) is 0. The summed E-state index contributed by atoms with van der Waals surface area (Å²) < 4.78 is 0. The molecule has 1 aliphatic heterocycles. The van der Waals surface area contributed by atoms with E-state index in [1.165, 1.54) is 6.08 Å². The summed E-state index contributed by atoms with van der Waals surface area (Å²) in [6.45, 7) is 0. The van der Waals surface area contributed by atoms with Gasteiger partial charge in [0.1, 0.15) is 23.8 Å². The van der Waals surface area contributed by atoms with Gasteiger partial charge in [-0.25, -0.2) is 0 Å². The molecule has 0 radical (unpaired) electrons. The molecule has 0 N–H and O–H groups in total. The molecule has 0 unspecified atom stereocenters. The maximum Gasteiger partial charge on any atom is 0.147 e. The van der Waals surface area contributed by atoms with Crippen LogP contribution in [0.2, 0.25) is 0 Å². The Labute approximate surface area is 144 Å². The van der Waals surface area contributed by atoms with Crippen LogP contribution in [0.5, 0.6) is 0 Å². The summed E-state index contributed by atoms with van der Waals surface area (Å²) in [6.07, 6.45) is 3.23. The number of rotatable bonds is 2. The highest BCUT2D eigenvalue weighted by Gasteiger charge is 2.21. The van der Waals surface area contributed by atoms with Gasteiger partial charge in [0.2, 0.25) is 0 Å². The van der Waals surface area contributed by atoms with Crippen molar-refractivity contribution in [2.75, 3.05) is 4.90 Å². The van der Waals surface area contributed by atoms with E-state index in [0.29, 0.717) is 0 Å². The Morgan fingerprint density at radius 3 is 1.88 bits per heavy atom. The van der Waals surface area contributed by atoms with Gasteiger partial charge in [-0.2, -0.15) is 15.8 Å². The van der Waals surface area contributed by atoms with E-state index in [1.807, 2.05) is 59.5 Å². The van der Waals surface area contributed by atoms with Crippen LogP contribution in [0, 0.1) is 34.0 Å². The van der Waals surface area contributed by atoms with Crippen molar-refractivity contribution in [1.29, 1.82) is 15.8 Å². The molecule has 0 atom stereocenters. The number of anilines is 2. The number of nitrogens with zero attached hydrogens (tertiary/aromatic N) is 4. The van der Waals surface area contributed by atoms with Crippen molar-refractivity contribution >= 4 is 23.1 Å². The van der Waals surface area contributed by atoms with Gasteiger partial charge >= 0.3 is 0 Å². The van der Waals surface area contributed by atoms with Crippen molar-refractivity contribution in [3.05, 3.63) is 72.0 Å². The fraction of sp³-hybridized carbons (Fsp3) is 0. The molecular weight excluding hydrogens is 316 g/mol. The van der Waals surface area contributed by atoms with Gasteiger partial charge in [-0.05, 0) is 30.3 Å². The van der Waals surface area contributed by atoms with Crippen LogP contribution in [-0.2, 0) is 0 Å². The molecule has 0 spiro atoms. The molecule has 1 heterocycles. The highest BCUT2D eigenvalue weighted by Crippen LogP contribution is 2.47. The standard InChI is InChI=1S/C19H10N4S/c20-11-14(15(12-21)13-22)9-10-23-16-5-1-3-7-18(16)24-19-8-4-2-6-17(19)23/h1-10H/b10-9+. The number of hydrogen-bond acceptors (Lipinski definition) is 5. The molecule has 5 heteroatoms. The fourth-order valence-corrected chi connectivity index (χ4v) is 3.44.